The second-order valence-electron chi connectivity index (χ2n) is 10.3. The highest BCUT2D eigenvalue weighted by Crippen LogP contribution is 2.66. The average molecular weight is 375 g/mol. The van der Waals surface area contributed by atoms with E-state index in [1.165, 1.54) is 7.11 Å². The molecule has 4 aliphatic carbocycles. The number of carbonyl (C=O) groups is 3. The molecular weight excluding hydrogens is 340 g/mol. The normalized spacial score (nSPS) is 47.6. The van der Waals surface area contributed by atoms with Crippen molar-refractivity contribution in [1.82, 2.24) is 0 Å². The van der Waals surface area contributed by atoms with Crippen molar-refractivity contribution in [3.05, 3.63) is 0 Å². The molecular formula is C23H34O4. The van der Waals surface area contributed by atoms with Crippen molar-refractivity contribution in [1.29, 1.82) is 0 Å². The van der Waals surface area contributed by atoms with Crippen LogP contribution >= 0.6 is 0 Å². The summed E-state index contributed by atoms with van der Waals surface area (Å²) in [6, 6.07) is 0. The van der Waals surface area contributed by atoms with E-state index in [0.29, 0.717) is 48.1 Å². The molecule has 0 amide bonds. The van der Waals surface area contributed by atoms with E-state index in [4.69, 9.17) is 4.74 Å². The van der Waals surface area contributed by atoms with Crippen LogP contribution in [0, 0.1) is 46.3 Å². The summed E-state index contributed by atoms with van der Waals surface area (Å²) in [5, 5.41) is 0. The zero-order valence-corrected chi connectivity index (χ0v) is 17.3. The fourth-order valence-electron chi connectivity index (χ4n) is 7.94. The van der Waals surface area contributed by atoms with E-state index in [-0.39, 0.29) is 28.6 Å². The summed E-state index contributed by atoms with van der Waals surface area (Å²) in [6.07, 6.45) is 7.28. The molecule has 0 aromatic carbocycles. The molecule has 150 valence electrons. The predicted molar refractivity (Wildman–Crippen MR) is 102 cm³/mol. The highest BCUT2D eigenvalue weighted by molar-refractivity contribution is 5.88. The lowest BCUT2D eigenvalue weighted by atomic mass is 9.44. The summed E-state index contributed by atoms with van der Waals surface area (Å²) < 4.78 is 5.01. The number of Topliss-reactive ketones (excluding diaryl/α,β-unsaturated/α-hetero) is 2. The van der Waals surface area contributed by atoms with Gasteiger partial charge in [0.2, 0.25) is 0 Å². The van der Waals surface area contributed by atoms with Crippen molar-refractivity contribution in [3.8, 4) is 0 Å². The first-order valence-corrected chi connectivity index (χ1v) is 10.9. The third-order valence-electron chi connectivity index (χ3n) is 9.59. The van der Waals surface area contributed by atoms with Gasteiger partial charge in [0.05, 0.1) is 13.0 Å². The molecule has 0 bridgehead atoms. The van der Waals surface area contributed by atoms with Gasteiger partial charge in [0.25, 0.3) is 0 Å². The number of hydrogen-bond donors (Lipinski definition) is 0. The van der Waals surface area contributed by atoms with E-state index in [0.717, 1.165) is 38.5 Å². The van der Waals surface area contributed by atoms with Gasteiger partial charge in [-0.3, -0.25) is 14.4 Å². The Morgan fingerprint density at radius 3 is 2.52 bits per heavy atom. The number of carbonyl (C=O) groups excluding carboxylic acids is 3. The van der Waals surface area contributed by atoms with Crippen LogP contribution in [0.1, 0.15) is 72.1 Å². The maximum Gasteiger partial charge on any atom is 0.308 e. The molecule has 4 nitrogen and oxygen atoms in total. The van der Waals surface area contributed by atoms with Crippen molar-refractivity contribution in [2.24, 2.45) is 46.3 Å². The van der Waals surface area contributed by atoms with Crippen molar-refractivity contribution >= 4 is 17.5 Å². The highest BCUT2D eigenvalue weighted by atomic mass is 16.5. The monoisotopic (exact) mass is 374 g/mol. The van der Waals surface area contributed by atoms with Gasteiger partial charge < -0.3 is 4.74 Å². The summed E-state index contributed by atoms with van der Waals surface area (Å²) in [5.41, 5.74) is -0.248. The van der Waals surface area contributed by atoms with Crippen LogP contribution in [0.25, 0.3) is 0 Å². The molecule has 4 heteroatoms. The van der Waals surface area contributed by atoms with E-state index >= 15 is 0 Å². The van der Waals surface area contributed by atoms with Crippen molar-refractivity contribution in [3.63, 3.8) is 0 Å². The first-order chi connectivity index (χ1) is 12.7. The molecule has 0 aromatic rings. The topological polar surface area (TPSA) is 60.4 Å². The number of hydrogen-bond acceptors (Lipinski definition) is 4. The average Bonchev–Trinajstić information content (AvgIpc) is 3.01. The van der Waals surface area contributed by atoms with Gasteiger partial charge in [0.1, 0.15) is 11.6 Å². The molecule has 4 fully saturated rings. The first-order valence-electron chi connectivity index (χ1n) is 10.9. The smallest absolute Gasteiger partial charge is 0.308 e. The Morgan fingerprint density at radius 1 is 1.07 bits per heavy atom. The SMILES string of the molecule is COC(=O)[C@@H](C)[C@@H]1CC[C@@H]2[C@H]3CC[C@H]4CC(=O)CC[C@]4(C)[C@@H]3CC(=O)[C@]21C. The van der Waals surface area contributed by atoms with E-state index in [2.05, 4.69) is 13.8 Å². The molecule has 8 atom stereocenters. The zero-order chi connectivity index (χ0) is 19.6. The molecule has 0 radical (unpaired) electrons. The van der Waals surface area contributed by atoms with Crippen LogP contribution in [0.2, 0.25) is 0 Å². The van der Waals surface area contributed by atoms with Gasteiger partial charge >= 0.3 is 5.97 Å². The second kappa shape index (κ2) is 6.42. The van der Waals surface area contributed by atoms with Gasteiger partial charge in [-0.2, -0.15) is 0 Å². The molecule has 0 heterocycles. The van der Waals surface area contributed by atoms with Crippen LogP contribution < -0.4 is 0 Å². The van der Waals surface area contributed by atoms with E-state index < -0.39 is 0 Å². The Balaban J connectivity index is 1.64. The third-order valence-corrected chi connectivity index (χ3v) is 9.59. The van der Waals surface area contributed by atoms with Gasteiger partial charge in [-0.25, -0.2) is 0 Å². The Labute approximate surface area is 162 Å². The minimum atomic E-state index is -0.386. The molecule has 0 saturated heterocycles. The van der Waals surface area contributed by atoms with Crippen LogP contribution in [0.3, 0.4) is 0 Å². The Hall–Kier alpha value is -1.19. The highest BCUT2D eigenvalue weighted by Gasteiger charge is 2.64. The number of ether oxygens (including phenoxy) is 1. The minimum Gasteiger partial charge on any atom is -0.469 e. The Bertz CT molecular complexity index is 669. The quantitative estimate of drug-likeness (QED) is 0.680. The van der Waals surface area contributed by atoms with Crippen LogP contribution in [0.15, 0.2) is 0 Å². The van der Waals surface area contributed by atoms with E-state index in [9.17, 15) is 14.4 Å². The number of rotatable bonds is 2. The van der Waals surface area contributed by atoms with Crippen molar-refractivity contribution in [2.45, 2.75) is 72.1 Å². The van der Waals surface area contributed by atoms with Crippen LogP contribution in [0.5, 0.6) is 0 Å². The van der Waals surface area contributed by atoms with E-state index in [1.807, 2.05) is 6.92 Å². The molecule has 27 heavy (non-hydrogen) atoms. The van der Waals surface area contributed by atoms with Crippen LogP contribution in [-0.2, 0) is 19.1 Å². The number of fused-ring (bicyclic) bond motifs is 5. The molecule has 0 aromatic heterocycles. The Kier molecular flexibility index (Phi) is 4.55. The molecule has 0 unspecified atom stereocenters. The van der Waals surface area contributed by atoms with Gasteiger partial charge in [-0.1, -0.05) is 20.8 Å². The van der Waals surface area contributed by atoms with Crippen LogP contribution in [0.4, 0.5) is 0 Å². The number of methoxy groups -OCH3 is 1. The summed E-state index contributed by atoms with van der Waals surface area (Å²) in [4.78, 5) is 37.8. The summed E-state index contributed by atoms with van der Waals surface area (Å²) >= 11 is 0. The molecule has 0 aliphatic heterocycles. The van der Waals surface area contributed by atoms with Crippen molar-refractivity contribution in [2.75, 3.05) is 7.11 Å². The second-order valence-corrected chi connectivity index (χ2v) is 10.3. The van der Waals surface area contributed by atoms with Gasteiger partial charge in [0, 0.05) is 24.7 Å². The summed E-state index contributed by atoms with van der Waals surface area (Å²) in [7, 11) is 1.44. The number of ketones is 2. The molecule has 4 saturated carbocycles. The maximum atomic E-state index is 13.5. The largest absolute Gasteiger partial charge is 0.469 e. The van der Waals surface area contributed by atoms with Crippen molar-refractivity contribution < 1.29 is 19.1 Å². The molecule has 4 aliphatic rings. The number of esters is 1. The predicted octanol–water partition coefficient (Wildman–Crippen LogP) is 4.20. The maximum absolute atomic E-state index is 13.5. The van der Waals surface area contributed by atoms with Crippen LogP contribution in [-0.4, -0.2) is 24.6 Å². The minimum absolute atomic E-state index is 0.0989. The lowest BCUT2D eigenvalue weighted by molar-refractivity contribution is -0.162. The first kappa shape index (κ1) is 19.1. The lowest BCUT2D eigenvalue weighted by Gasteiger charge is -2.59. The Morgan fingerprint density at radius 2 is 1.81 bits per heavy atom. The summed E-state index contributed by atoms with van der Waals surface area (Å²) in [6.45, 7) is 6.45. The fourth-order valence-corrected chi connectivity index (χ4v) is 7.94. The molecule has 4 rings (SSSR count). The van der Waals surface area contributed by atoms with Gasteiger partial charge in [0.15, 0.2) is 0 Å². The molecule has 0 N–H and O–H groups in total. The standard InChI is InChI=1S/C23H34O4/c1-13(21(26)27-4)17-7-8-18-16-6-5-14-11-15(24)9-10-22(14,2)19(16)12-20(25)23(17,18)3/h13-14,16-19H,5-12H2,1-4H3/t13-,14-,16+,17-,18+,19+,22-,23-/m0/s1. The zero-order valence-electron chi connectivity index (χ0n) is 17.3. The van der Waals surface area contributed by atoms with E-state index in [1.54, 1.807) is 0 Å². The van der Waals surface area contributed by atoms with Gasteiger partial charge in [-0.15, -0.1) is 0 Å². The third kappa shape index (κ3) is 2.57. The van der Waals surface area contributed by atoms with Gasteiger partial charge in [-0.05, 0) is 67.1 Å². The lowest BCUT2D eigenvalue weighted by Crippen LogP contribution is -2.57. The molecule has 0 spiro atoms. The fraction of sp³-hybridized carbons (Fsp3) is 0.870. The summed E-state index contributed by atoms with van der Waals surface area (Å²) in [5.74, 6) is 2.31.